The fourth-order valence-electron chi connectivity index (χ4n) is 2.28. The van der Waals surface area contributed by atoms with Crippen molar-refractivity contribution >= 4 is 38.3 Å². The van der Waals surface area contributed by atoms with Gasteiger partial charge < -0.3 is 4.74 Å². The Labute approximate surface area is 156 Å². The second kappa shape index (κ2) is 7.28. The van der Waals surface area contributed by atoms with E-state index in [2.05, 4.69) is 31.4 Å². The number of halogens is 2. The van der Waals surface area contributed by atoms with Crippen LogP contribution >= 0.6 is 27.3 Å². The van der Waals surface area contributed by atoms with Crippen LogP contribution in [0.3, 0.4) is 0 Å². The normalized spacial score (nSPS) is 10.6. The van der Waals surface area contributed by atoms with Crippen molar-refractivity contribution in [3.8, 4) is 16.3 Å². The molecule has 0 atom stereocenters. The van der Waals surface area contributed by atoms with Crippen LogP contribution in [0.25, 0.3) is 10.6 Å². The lowest BCUT2D eigenvalue weighted by Crippen LogP contribution is -2.14. The van der Waals surface area contributed by atoms with Gasteiger partial charge in [-0.1, -0.05) is 23.5 Å². The van der Waals surface area contributed by atoms with Crippen LogP contribution in [-0.4, -0.2) is 23.2 Å². The minimum Gasteiger partial charge on any atom is -0.496 e. The lowest BCUT2D eigenvalue weighted by atomic mass is 10.1. The Morgan fingerprint density at radius 2 is 2.08 bits per heavy atom. The highest BCUT2D eigenvalue weighted by Gasteiger charge is 2.17. The molecule has 0 aliphatic rings. The average Bonchev–Trinajstić information content (AvgIpc) is 3.05. The molecule has 0 saturated carbocycles. The number of ether oxygens (including phenoxy) is 1. The van der Waals surface area contributed by atoms with Gasteiger partial charge in [0.25, 0.3) is 5.91 Å². The van der Waals surface area contributed by atoms with Crippen LogP contribution in [0.2, 0.25) is 0 Å². The van der Waals surface area contributed by atoms with Crippen LogP contribution in [-0.2, 0) is 0 Å². The monoisotopic (exact) mass is 421 g/mol. The average molecular weight is 422 g/mol. The summed E-state index contributed by atoms with van der Waals surface area (Å²) >= 11 is 4.35. The van der Waals surface area contributed by atoms with Crippen LogP contribution in [0, 0.1) is 12.7 Å². The number of amides is 1. The highest BCUT2D eigenvalue weighted by atomic mass is 79.9. The molecule has 0 saturated heterocycles. The van der Waals surface area contributed by atoms with Gasteiger partial charge in [-0.05, 0) is 52.7 Å². The predicted octanol–water partition coefficient (Wildman–Crippen LogP) is 4.68. The van der Waals surface area contributed by atoms with Crippen LogP contribution in [0.5, 0.6) is 5.75 Å². The van der Waals surface area contributed by atoms with E-state index in [0.717, 1.165) is 5.56 Å². The van der Waals surface area contributed by atoms with E-state index in [1.165, 1.54) is 24.5 Å². The van der Waals surface area contributed by atoms with Crippen molar-refractivity contribution in [2.45, 2.75) is 6.92 Å². The summed E-state index contributed by atoms with van der Waals surface area (Å²) in [7, 11) is 1.51. The molecule has 3 aromatic rings. The number of rotatable bonds is 4. The van der Waals surface area contributed by atoms with Crippen LogP contribution in [0.1, 0.15) is 15.9 Å². The number of benzene rings is 2. The third-order valence-electron chi connectivity index (χ3n) is 3.49. The summed E-state index contributed by atoms with van der Waals surface area (Å²) < 4.78 is 18.9. The maximum atomic E-state index is 13.3. The van der Waals surface area contributed by atoms with Crippen LogP contribution < -0.4 is 10.1 Å². The third-order valence-corrected chi connectivity index (χ3v) is 4.99. The second-order valence-electron chi connectivity index (χ2n) is 5.15. The fraction of sp³-hybridized carbons (Fsp3) is 0.118. The number of methoxy groups -OCH3 is 1. The lowest BCUT2D eigenvalue weighted by Gasteiger charge is -2.10. The summed E-state index contributed by atoms with van der Waals surface area (Å²) in [6.07, 6.45) is 0. The minimum absolute atomic E-state index is 0.321. The summed E-state index contributed by atoms with van der Waals surface area (Å²) in [5.74, 6) is -0.184. The van der Waals surface area contributed by atoms with Gasteiger partial charge in [-0.3, -0.25) is 10.1 Å². The number of carbonyl (C=O) groups is 1. The first-order valence-electron chi connectivity index (χ1n) is 7.23. The van der Waals surface area contributed by atoms with Crippen LogP contribution in [0.4, 0.5) is 9.52 Å². The summed E-state index contributed by atoms with van der Waals surface area (Å²) in [6.45, 7) is 1.83. The Morgan fingerprint density at radius 3 is 2.80 bits per heavy atom. The molecule has 5 nitrogen and oxygen atoms in total. The van der Waals surface area contributed by atoms with Gasteiger partial charge in [0.05, 0.1) is 17.1 Å². The van der Waals surface area contributed by atoms with Gasteiger partial charge in [-0.15, -0.1) is 10.2 Å². The van der Waals surface area contributed by atoms with Crippen molar-refractivity contribution in [3.05, 3.63) is 57.8 Å². The van der Waals surface area contributed by atoms with E-state index in [1.54, 1.807) is 18.2 Å². The highest BCUT2D eigenvalue weighted by molar-refractivity contribution is 9.10. The van der Waals surface area contributed by atoms with Crippen molar-refractivity contribution in [2.75, 3.05) is 12.4 Å². The Hall–Kier alpha value is -2.32. The molecular formula is C17H13BrFN3O2S. The molecule has 1 amide bonds. The number of carbonyl (C=O) groups excluding carboxylic acids is 1. The summed E-state index contributed by atoms with van der Waals surface area (Å²) in [6, 6.07) is 9.95. The van der Waals surface area contributed by atoms with E-state index >= 15 is 0 Å². The van der Waals surface area contributed by atoms with Crippen LogP contribution in [0.15, 0.2) is 40.9 Å². The maximum absolute atomic E-state index is 13.3. The number of anilines is 1. The summed E-state index contributed by atoms with van der Waals surface area (Å²) in [5, 5.41) is 11.7. The molecule has 0 unspecified atom stereocenters. The first kappa shape index (κ1) is 17.5. The Balaban J connectivity index is 1.84. The molecule has 25 heavy (non-hydrogen) atoms. The maximum Gasteiger partial charge on any atom is 0.261 e. The van der Waals surface area contributed by atoms with E-state index < -0.39 is 0 Å². The van der Waals surface area contributed by atoms with Gasteiger partial charge >= 0.3 is 0 Å². The van der Waals surface area contributed by atoms with Gasteiger partial charge in [0.2, 0.25) is 5.13 Å². The van der Waals surface area contributed by atoms with Crippen molar-refractivity contribution in [1.82, 2.24) is 10.2 Å². The van der Waals surface area contributed by atoms with E-state index in [1.807, 2.05) is 19.1 Å². The number of hydrogen-bond donors (Lipinski definition) is 1. The van der Waals surface area contributed by atoms with Gasteiger partial charge in [0, 0.05) is 5.56 Å². The Bertz CT molecular complexity index is 945. The first-order valence-corrected chi connectivity index (χ1v) is 8.84. The fourth-order valence-corrected chi connectivity index (χ4v) is 3.39. The Morgan fingerprint density at radius 1 is 1.28 bits per heavy atom. The summed E-state index contributed by atoms with van der Waals surface area (Å²) in [4.78, 5) is 12.5. The molecule has 2 aromatic carbocycles. The van der Waals surface area contributed by atoms with E-state index in [4.69, 9.17) is 4.74 Å². The lowest BCUT2D eigenvalue weighted by molar-refractivity contribution is 0.102. The molecule has 1 N–H and O–H groups in total. The molecule has 0 aliphatic heterocycles. The molecule has 0 spiro atoms. The molecule has 0 radical (unpaired) electrons. The van der Waals surface area contributed by atoms with Crippen molar-refractivity contribution in [3.63, 3.8) is 0 Å². The first-order chi connectivity index (χ1) is 12.0. The van der Waals surface area contributed by atoms with E-state index in [-0.39, 0.29) is 11.7 Å². The van der Waals surface area contributed by atoms with Crippen molar-refractivity contribution in [2.24, 2.45) is 0 Å². The number of aryl methyl sites for hydroxylation is 1. The quantitative estimate of drug-likeness (QED) is 0.664. The number of nitrogens with one attached hydrogen (secondary N) is 1. The van der Waals surface area contributed by atoms with Crippen molar-refractivity contribution in [1.29, 1.82) is 0 Å². The molecule has 0 fully saturated rings. The van der Waals surface area contributed by atoms with Gasteiger partial charge in [-0.25, -0.2) is 4.39 Å². The zero-order valence-electron chi connectivity index (χ0n) is 13.3. The number of hydrogen-bond acceptors (Lipinski definition) is 5. The molecule has 8 heteroatoms. The van der Waals surface area contributed by atoms with Crippen molar-refractivity contribution < 1.29 is 13.9 Å². The van der Waals surface area contributed by atoms with E-state index in [9.17, 15) is 9.18 Å². The number of nitrogens with zero attached hydrogens (tertiary/aromatic N) is 2. The van der Waals surface area contributed by atoms with Gasteiger partial charge in [0.15, 0.2) is 0 Å². The zero-order chi connectivity index (χ0) is 18.0. The van der Waals surface area contributed by atoms with Gasteiger partial charge in [-0.2, -0.15) is 0 Å². The SMILES string of the molecule is COc1cccc(C)c1C(=O)Nc1nnc(-c2ccc(F)c(Br)c2)s1. The molecular weight excluding hydrogens is 409 g/mol. The van der Waals surface area contributed by atoms with E-state index in [0.29, 0.717) is 31.5 Å². The third kappa shape index (κ3) is 3.69. The number of aromatic nitrogens is 2. The standard InChI is InChI=1S/C17H13BrFN3O2S/c1-9-4-3-5-13(24-2)14(9)15(23)20-17-22-21-16(25-17)10-6-7-12(19)11(18)8-10/h3-8H,1-2H3,(H,20,22,23). The molecule has 1 aromatic heterocycles. The summed E-state index contributed by atoms with van der Waals surface area (Å²) in [5.41, 5.74) is 1.95. The zero-order valence-corrected chi connectivity index (χ0v) is 15.7. The predicted molar refractivity (Wildman–Crippen MR) is 98.7 cm³/mol. The molecule has 0 bridgehead atoms. The minimum atomic E-state index is -0.353. The second-order valence-corrected chi connectivity index (χ2v) is 6.98. The van der Waals surface area contributed by atoms with Gasteiger partial charge in [0.1, 0.15) is 16.6 Å². The molecule has 1 heterocycles. The smallest absolute Gasteiger partial charge is 0.261 e. The highest BCUT2D eigenvalue weighted by Crippen LogP contribution is 2.30. The molecule has 3 rings (SSSR count). The topological polar surface area (TPSA) is 64.1 Å². The molecule has 128 valence electrons. The molecule has 0 aliphatic carbocycles. The largest absolute Gasteiger partial charge is 0.496 e. The Kier molecular flexibility index (Phi) is 5.10.